The van der Waals surface area contributed by atoms with Gasteiger partial charge in [-0.3, -0.25) is 4.79 Å². The van der Waals surface area contributed by atoms with Crippen LogP contribution in [0.3, 0.4) is 0 Å². The Hall–Kier alpha value is -3.30. The zero-order chi connectivity index (χ0) is 20.5. The van der Waals surface area contributed by atoms with Gasteiger partial charge in [0.25, 0.3) is 5.56 Å². The predicted molar refractivity (Wildman–Crippen MR) is 108 cm³/mol. The van der Waals surface area contributed by atoms with Crippen LogP contribution in [-0.2, 0) is 4.74 Å². The van der Waals surface area contributed by atoms with E-state index in [1.807, 2.05) is 13.8 Å². The van der Waals surface area contributed by atoms with Crippen molar-refractivity contribution < 1.29 is 14.2 Å². The summed E-state index contributed by atoms with van der Waals surface area (Å²) in [7, 11) is 0. The SMILES string of the molecule is CCC(C)OC(O)Nc1nc2cc(-c3n[nH]c(=O)c4ccc(F)cc34)ccc2[nH]1. The summed E-state index contributed by atoms with van der Waals surface area (Å²) in [5.74, 6) is -0.105. The maximum atomic E-state index is 13.8. The lowest BCUT2D eigenvalue weighted by Gasteiger charge is -2.17. The number of ether oxygens (including phenoxy) is 1. The standard InChI is InChI=1S/C20H20FN5O3/c1-3-10(2)29-20(28)24-19-22-15-7-4-11(8-16(15)23-19)17-14-9-12(21)5-6-13(14)18(27)26-25-17/h4-10,20,28H,3H2,1-2H3,(H,26,27)(H2,22,23,24). The number of aliphatic hydroxyl groups excluding tert-OH is 1. The third kappa shape index (κ3) is 3.82. The van der Waals surface area contributed by atoms with E-state index in [1.165, 1.54) is 18.2 Å². The molecule has 0 spiro atoms. The maximum absolute atomic E-state index is 13.8. The second-order valence-electron chi connectivity index (χ2n) is 6.76. The van der Waals surface area contributed by atoms with Gasteiger partial charge in [0.1, 0.15) is 5.82 Å². The molecule has 0 saturated heterocycles. The van der Waals surface area contributed by atoms with Crippen molar-refractivity contribution >= 4 is 27.8 Å². The van der Waals surface area contributed by atoms with E-state index in [4.69, 9.17) is 4.74 Å². The molecule has 0 amide bonds. The topological polar surface area (TPSA) is 116 Å². The molecule has 2 atom stereocenters. The average Bonchev–Trinajstić information content (AvgIpc) is 3.09. The summed E-state index contributed by atoms with van der Waals surface area (Å²) in [6, 6.07) is 9.32. The van der Waals surface area contributed by atoms with E-state index in [9.17, 15) is 14.3 Å². The number of halogens is 1. The molecule has 0 radical (unpaired) electrons. The number of rotatable bonds is 6. The molecule has 0 saturated carbocycles. The monoisotopic (exact) mass is 397 g/mol. The first-order chi connectivity index (χ1) is 13.9. The molecular formula is C20H20FN5O3. The third-order valence-corrected chi connectivity index (χ3v) is 4.70. The molecule has 2 aromatic carbocycles. The number of hydrogen-bond acceptors (Lipinski definition) is 6. The second kappa shape index (κ2) is 7.61. The van der Waals surface area contributed by atoms with Crippen LogP contribution in [0.15, 0.2) is 41.2 Å². The van der Waals surface area contributed by atoms with Crippen LogP contribution in [-0.4, -0.2) is 37.8 Å². The van der Waals surface area contributed by atoms with Crippen molar-refractivity contribution in [2.75, 3.05) is 5.32 Å². The van der Waals surface area contributed by atoms with Gasteiger partial charge in [-0.2, -0.15) is 5.10 Å². The van der Waals surface area contributed by atoms with E-state index in [2.05, 4.69) is 25.5 Å². The van der Waals surface area contributed by atoms with Crippen LogP contribution in [0.1, 0.15) is 20.3 Å². The highest BCUT2D eigenvalue weighted by atomic mass is 19.1. The molecule has 0 aliphatic heterocycles. The van der Waals surface area contributed by atoms with Crippen molar-refractivity contribution in [2.45, 2.75) is 32.8 Å². The first kappa shape index (κ1) is 19.0. The Kier molecular flexibility index (Phi) is 4.99. The van der Waals surface area contributed by atoms with Gasteiger partial charge < -0.3 is 20.1 Å². The highest BCUT2D eigenvalue weighted by Gasteiger charge is 2.14. The van der Waals surface area contributed by atoms with Crippen molar-refractivity contribution in [1.82, 2.24) is 20.2 Å². The van der Waals surface area contributed by atoms with Gasteiger partial charge in [0.05, 0.1) is 28.2 Å². The summed E-state index contributed by atoms with van der Waals surface area (Å²) >= 11 is 0. The summed E-state index contributed by atoms with van der Waals surface area (Å²) < 4.78 is 19.1. The molecule has 4 N–H and O–H groups in total. The highest BCUT2D eigenvalue weighted by molar-refractivity contribution is 5.95. The Balaban J connectivity index is 1.70. The fraction of sp³-hybridized carbons (Fsp3) is 0.250. The van der Waals surface area contributed by atoms with Crippen molar-refractivity contribution in [3.8, 4) is 11.3 Å². The number of aliphatic hydroxyl groups is 1. The molecule has 0 fully saturated rings. The van der Waals surface area contributed by atoms with Crippen LogP contribution in [0.25, 0.3) is 33.1 Å². The number of nitrogens with one attached hydrogen (secondary N) is 3. The Morgan fingerprint density at radius 1 is 1.24 bits per heavy atom. The van der Waals surface area contributed by atoms with Crippen molar-refractivity contribution in [3.63, 3.8) is 0 Å². The van der Waals surface area contributed by atoms with E-state index in [-0.39, 0.29) is 11.7 Å². The lowest BCUT2D eigenvalue weighted by Crippen LogP contribution is -2.27. The van der Waals surface area contributed by atoms with E-state index < -0.39 is 12.2 Å². The van der Waals surface area contributed by atoms with E-state index >= 15 is 0 Å². The normalized spacial score (nSPS) is 13.7. The predicted octanol–water partition coefficient (Wildman–Crippen LogP) is 3.11. The maximum Gasteiger partial charge on any atom is 0.272 e. The molecule has 2 unspecified atom stereocenters. The number of fused-ring (bicyclic) bond motifs is 2. The molecule has 0 aliphatic carbocycles. The van der Waals surface area contributed by atoms with Gasteiger partial charge in [0.15, 0.2) is 0 Å². The number of benzene rings is 2. The molecule has 4 aromatic rings. The number of nitrogens with zero attached hydrogens (tertiary/aromatic N) is 2. The summed E-state index contributed by atoms with van der Waals surface area (Å²) in [6.07, 6.45) is -0.533. The number of aromatic nitrogens is 4. The molecule has 29 heavy (non-hydrogen) atoms. The smallest absolute Gasteiger partial charge is 0.272 e. The van der Waals surface area contributed by atoms with E-state index in [1.54, 1.807) is 18.2 Å². The summed E-state index contributed by atoms with van der Waals surface area (Å²) in [5, 5.41) is 20.0. The van der Waals surface area contributed by atoms with Gasteiger partial charge in [-0.1, -0.05) is 13.0 Å². The molecule has 0 bridgehead atoms. The van der Waals surface area contributed by atoms with Gasteiger partial charge in [0, 0.05) is 10.9 Å². The molecule has 0 aliphatic rings. The number of imidazole rings is 1. The third-order valence-electron chi connectivity index (χ3n) is 4.70. The number of aromatic amines is 2. The lowest BCUT2D eigenvalue weighted by molar-refractivity contribution is -0.112. The van der Waals surface area contributed by atoms with Gasteiger partial charge >= 0.3 is 0 Å². The first-order valence-electron chi connectivity index (χ1n) is 9.22. The van der Waals surface area contributed by atoms with Crippen LogP contribution >= 0.6 is 0 Å². The average molecular weight is 397 g/mol. The Labute approximate surface area is 164 Å². The Bertz CT molecular complexity index is 1240. The first-order valence-corrected chi connectivity index (χ1v) is 9.22. The van der Waals surface area contributed by atoms with Gasteiger partial charge in [0.2, 0.25) is 12.4 Å². The van der Waals surface area contributed by atoms with Crippen LogP contribution < -0.4 is 10.9 Å². The zero-order valence-corrected chi connectivity index (χ0v) is 15.9. The molecule has 150 valence electrons. The quantitative estimate of drug-likeness (QED) is 0.372. The number of anilines is 1. The van der Waals surface area contributed by atoms with Crippen molar-refractivity contribution in [1.29, 1.82) is 0 Å². The van der Waals surface area contributed by atoms with E-state index in [0.29, 0.717) is 33.5 Å². The summed E-state index contributed by atoms with van der Waals surface area (Å²) in [6.45, 7) is 3.82. The second-order valence-corrected chi connectivity index (χ2v) is 6.76. The minimum atomic E-state index is -1.20. The number of H-pyrrole nitrogens is 2. The van der Waals surface area contributed by atoms with Crippen molar-refractivity contribution in [2.24, 2.45) is 0 Å². The summed E-state index contributed by atoms with van der Waals surface area (Å²) in [4.78, 5) is 19.4. The Morgan fingerprint density at radius 3 is 2.86 bits per heavy atom. The minimum absolute atomic E-state index is 0.103. The van der Waals surface area contributed by atoms with Crippen molar-refractivity contribution in [3.05, 3.63) is 52.6 Å². The van der Waals surface area contributed by atoms with Gasteiger partial charge in [-0.15, -0.1) is 0 Å². The zero-order valence-electron chi connectivity index (χ0n) is 15.9. The molecular weight excluding hydrogens is 377 g/mol. The molecule has 2 heterocycles. The van der Waals surface area contributed by atoms with Gasteiger partial charge in [-0.25, -0.2) is 14.5 Å². The lowest BCUT2D eigenvalue weighted by atomic mass is 10.0. The molecule has 4 rings (SSSR count). The number of hydrogen-bond donors (Lipinski definition) is 4. The largest absolute Gasteiger partial charge is 0.351 e. The summed E-state index contributed by atoms with van der Waals surface area (Å²) in [5.41, 5.74) is 2.06. The fourth-order valence-corrected chi connectivity index (χ4v) is 3.05. The highest BCUT2D eigenvalue weighted by Crippen LogP contribution is 2.28. The van der Waals surface area contributed by atoms with E-state index in [0.717, 1.165) is 11.9 Å². The fourth-order valence-electron chi connectivity index (χ4n) is 3.05. The van der Waals surface area contributed by atoms with Crippen LogP contribution in [0.2, 0.25) is 0 Å². The molecule has 8 nitrogen and oxygen atoms in total. The Morgan fingerprint density at radius 2 is 2.07 bits per heavy atom. The molecule has 9 heteroatoms. The van der Waals surface area contributed by atoms with Crippen LogP contribution in [0.5, 0.6) is 0 Å². The van der Waals surface area contributed by atoms with Crippen LogP contribution in [0.4, 0.5) is 10.3 Å². The minimum Gasteiger partial charge on any atom is -0.351 e. The molecule has 2 aromatic heterocycles. The van der Waals surface area contributed by atoms with Gasteiger partial charge in [-0.05, 0) is 43.7 Å². The van der Waals surface area contributed by atoms with Crippen LogP contribution in [0, 0.1) is 5.82 Å².